The Morgan fingerprint density at radius 3 is 2.20 bits per heavy atom. The molecule has 1 fully saturated rings. The number of likely N-dealkylation sites (N-methyl/N-ethyl adjacent to an activating group) is 1. The van der Waals surface area contributed by atoms with Crippen LogP contribution in [0.3, 0.4) is 0 Å². The summed E-state index contributed by atoms with van der Waals surface area (Å²) in [5, 5.41) is 5.10. The summed E-state index contributed by atoms with van der Waals surface area (Å²) < 4.78 is 4.25. The molecule has 0 spiro atoms. The molecule has 2 rings (SSSR count). The number of rotatable bonds is 11. The van der Waals surface area contributed by atoms with E-state index in [0.717, 1.165) is 18.4 Å². The molecule has 0 aromatic heterocycles. The lowest BCUT2D eigenvalue weighted by atomic mass is 9.67. The number of anilines is 1. The quantitative estimate of drug-likeness (QED) is 0.276. The molecule has 1 aromatic carbocycles. The highest BCUT2D eigenvalue weighted by atomic mass is 32.2. The molecule has 6 heteroatoms. The summed E-state index contributed by atoms with van der Waals surface area (Å²) in [5.74, 6) is 1.31. The van der Waals surface area contributed by atoms with E-state index in [4.69, 9.17) is 12.2 Å². The van der Waals surface area contributed by atoms with Crippen molar-refractivity contribution in [2.45, 2.75) is 51.0 Å². The van der Waals surface area contributed by atoms with Crippen LogP contribution in [0.4, 0.5) is 5.69 Å². The van der Waals surface area contributed by atoms with Gasteiger partial charge in [-0.2, -0.15) is 11.8 Å². The summed E-state index contributed by atoms with van der Waals surface area (Å²) in [6.07, 6.45) is 12.1. The zero-order valence-corrected chi connectivity index (χ0v) is 21.4. The van der Waals surface area contributed by atoms with Crippen molar-refractivity contribution >= 4 is 41.3 Å². The second-order valence-corrected chi connectivity index (χ2v) is 9.23. The van der Waals surface area contributed by atoms with E-state index in [1.165, 1.54) is 49.8 Å². The van der Waals surface area contributed by atoms with Gasteiger partial charge < -0.3 is 14.8 Å². The third kappa shape index (κ3) is 12.0. The van der Waals surface area contributed by atoms with Crippen LogP contribution in [-0.2, 0) is 16.0 Å². The van der Waals surface area contributed by atoms with Gasteiger partial charge in [-0.15, -0.1) is 0 Å². The molecular weight excluding hydrogens is 412 g/mol. The third-order valence-corrected chi connectivity index (χ3v) is 6.58. The van der Waals surface area contributed by atoms with Crippen LogP contribution < -0.4 is 5.32 Å². The maximum atomic E-state index is 10.8. The Bertz CT molecular complexity index is 561. The smallest absolute Gasteiger partial charge is 0.137 e. The van der Waals surface area contributed by atoms with Crippen molar-refractivity contribution in [3.63, 3.8) is 0 Å². The first kappa shape index (κ1) is 29.1. The van der Waals surface area contributed by atoms with E-state index < -0.39 is 0 Å². The Morgan fingerprint density at radius 1 is 1.23 bits per heavy atom. The fraction of sp³-hybridized carbons (Fsp3) is 0.667. The molecule has 1 unspecified atom stereocenters. The fourth-order valence-electron chi connectivity index (χ4n) is 3.18. The maximum Gasteiger partial charge on any atom is 0.137 e. The van der Waals surface area contributed by atoms with E-state index >= 15 is 0 Å². The Kier molecular flexibility index (Phi) is 17.1. The summed E-state index contributed by atoms with van der Waals surface area (Å²) in [6.45, 7) is 0. The largest absolute Gasteiger partial charge is 0.388 e. The average molecular weight is 455 g/mol. The van der Waals surface area contributed by atoms with Gasteiger partial charge in [-0.3, -0.25) is 4.90 Å². The number of hydrogen-bond acceptors (Lipinski definition) is 6. The molecule has 1 aliphatic rings. The molecule has 0 heterocycles. The Balaban J connectivity index is 0.000000505. The normalized spacial score (nSPS) is 14.9. The number of methoxy groups -OCH3 is 1. The fourth-order valence-corrected chi connectivity index (χ4v) is 4.03. The number of ether oxygens (including phenoxy) is 1. The van der Waals surface area contributed by atoms with Gasteiger partial charge in [0, 0.05) is 27.0 Å². The molecule has 0 saturated heterocycles. The molecule has 30 heavy (non-hydrogen) atoms. The van der Waals surface area contributed by atoms with Crippen molar-refractivity contribution < 1.29 is 9.53 Å². The standard InChI is InChI=1S/C12H18N2O.C10H18S2.C2H6O/c1-13-11-6-4-10(5-7-11)8-12(9-15)14(2)3;1-12-8-3-2-5-10(9-11)6-4-7-10;1-3-2/h4-7,9,12-13H,8H2,1-3H3;9H,2-8H2,1H3;1-2H3. The third-order valence-electron chi connectivity index (χ3n) is 5.38. The van der Waals surface area contributed by atoms with Crippen LogP contribution in [0.1, 0.15) is 44.1 Å². The summed E-state index contributed by atoms with van der Waals surface area (Å²) >= 11 is 7.03. The van der Waals surface area contributed by atoms with E-state index in [9.17, 15) is 4.79 Å². The lowest BCUT2D eigenvalue weighted by Crippen LogP contribution is -2.31. The van der Waals surface area contributed by atoms with Gasteiger partial charge in [-0.1, -0.05) is 37.2 Å². The van der Waals surface area contributed by atoms with Crippen LogP contribution in [0.25, 0.3) is 0 Å². The minimum Gasteiger partial charge on any atom is -0.388 e. The number of unbranched alkanes of at least 4 members (excludes halogenated alkanes) is 1. The van der Waals surface area contributed by atoms with E-state index in [-0.39, 0.29) is 6.04 Å². The summed E-state index contributed by atoms with van der Waals surface area (Å²) in [4.78, 5) is 12.7. The van der Waals surface area contributed by atoms with E-state index in [0.29, 0.717) is 5.41 Å². The first-order valence-corrected chi connectivity index (χ1v) is 12.5. The van der Waals surface area contributed by atoms with Crippen molar-refractivity contribution in [3.05, 3.63) is 29.8 Å². The van der Waals surface area contributed by atoms with E-state index in [1.807, 2.05) is 67.4 Å². The highest BCUT2D eigenvalue weighted by molar-refractivity contribution is 7.98. The molecule has 0 aliphatic heterocycles. The summed E-state index contributed by atoms with van der Waals surface area (Å²) in [6, 6.07) is 8.10. The number of carbonyl (C=O) groups excluding carboxylic acids is 1. The first-order chi connectivity index (χ1) is 14.4. The maximum absolute atomic E-state index is 10.8. The molecule has 0 bridgehead atoms. The molecule has 1 aliphatic carbocycles. The van der Waals surface area contributed by atoms with Crippen LogP contribution in [0.5, 0.6) is 0 Å². The SMILES string of the molecule is CNc1ccc(CC(C=O)N(C)C)cc1.COC.CSCCCCC1(C=S)CCC1. The van der Waals surface area contributed by atoms with Gasteiger partial charge in [-0.25, -0.2) is 0 Å². The Labute approximate surface area is 194 Å². The molecule has 1 aromatic rings. The van der Waals surface area contributed by atoms with E-state index in [1.54, 1.807) is 14.2 Å². The predicted molar refractivity (Wildman–Crippen MR) is 138 cm³/mol. The molecule has 1 atom stereocenters. The average Bonchev–Trinajstić information content (AvgIpc) is 2.72. The van der Waals surface area contributed by atoms with E-state index in [2.05, 4.69) is 16.3 Å². The highest BCUT2D eigenvalue weighted by Gasteiger charge is 2.33. The number of nitrogens with one attached hydrogen (secondary N) is 1. The van der Waals surface area contributed by atoms with Crippen molar-refractivity contribution in [1.82, 2.24) is 4.90 Å². The van der Waals surface area contributed by atoms with Crippen molar-refractivity contribution in [2.24, 2.45) is 5.41 Å². The number of carbonyl (C=O) groups is 1. The van der Waals surface area contributed by atoms with Gasteiger partial charge in [0.15, 0.2) is 0 Å². The minimum atomic E-state index is -0.0366. The van der Waals surface area contributed by atoms with Gasteiger partial charge in [0.25, 0.3) is 0 Å². The topological polar surface area (TPSA) is 41.6 Å². The molecule has 0 radical (unpaired) electrons. The van der Waals surface area contributed by atoms with Gasteiger partial charge in [0.05, 0.1) is 6.04 Å². The van der Waals surface area contributed by atoms with Crippen molar-refractivity contribution in [2.75, 3.05) is 52.7 Å². The number of nitrogens with zero attached hydrogens (tertiary/aromatic N) is 1. The van der Waals surface area contributed by atoms with Crippen LogP contribution in [0, 0.1) is 5.41 Å². The summed E-state index contributed by atoms with van der Waals surface area (Å²) in [7, 11) is 8.98. The molecular formula is C24H42N2O2S2. The van der Waals surface area contributed by atoms with Crippen LogP contribution in [0.15, 0.2) is 24.3 Å². The van der Waals surface area contributed by atoms with Gasteiger partial charge in [0.2, 0.25) is 0 Å². The lowest BCUT2D eigenvalue weighted by Gasteiger charge is -2.38. The molecule has 4 nitrogen and oxygen atoms in total. The highest BCUT2D eigenvalue weighted by Crippen LogP contribution is 2.43. The zero-order valence-electron chi connectivity index (χ0n) is 19.8. The van der Waals surface area contributed by atoms with Gasteiger partial charge >= 0.3 is 0 Å². The van der Waals surface area contributed by atoms with Crippen LogP contribution in [-0.4, -0.2) is 70.0 Å². The molecule has 172 valence electrons. The molecule has 1 saturated carbocycles. The second kappa shape index (κ2) is 17.7. The summed E-state index contributed by atoms with van der Waals surface area (Å²) in [5.41, 5.74) is 2.76. The number of hydrogen-bond donors (Lipinski definition) is 1. The first-order valence-electron chi connectivity index (χ1n) is 10.7. The number of benzene rings is 1. The second-order valence-electron chi connectivity index (χ2n) is 8.01. The lowest BCUT2D eigenvalue weighted by molar-refractivity contribution is -0.111. The van der Waals surface area contributed by atoms with Crippen molar-refractivity contribution in [1.29, 1.82) is 0 Å². The monoisotopic (exact) mass is 454 g/mol. The minimum absolute atomic E-state index is 0.0366. The molecule has 1 N–H and O–H groups in total. The number of aldehydes is 1. The van der Waals surface area contributed by atoms with Crippen LogP contribution in [0.2, 0.25) is 0 Å². The zero-order chi connectivity index (χ0) is 22.8. The van der Waals surface area contributed by atoms with Crippen molar-refractivity contribution in [3.8, 4) is 0 Å². The Hall–Kier alpha value is -0.950. The molecule has 0 amide bonds. The Morgan fingerprint density at radius 2 is 1.83 bits per heavy atom. The van der Waals surface area contributed by atoms with Gasteiger partial charge in [-0.05, 0) is 86.7 Å². The number of thioether (sulfide) groups is 1. The van der Waals surface area contributed by atoms with Gasteiger partial charge in [0.1, 0.15) is 6.29 Å². The predicted octanol–water partition coefficient (Wildman–Crippen LogP) is 5.35. The number of thiocarbonyl (C=S) groups is 1. The van der Waals surface area contributed by atoms with Crippen LogP contribution >= 0.6 is 24.0 Å².